The van der Waals surface area contributed by atoms with E-state index < -0.39 is 5.97 Å². The van der Waals surface area contributed by atoms with Gasteiger partial charge >= 0.3 is 12.0 Å². The van der Waals surface area contributed by atoms with Crippen molar-refractivity contribution in [1.29, 1.82) is 0 Å². The lowest BCUT2D eigenvalue weighted by Crippen LogP contribution is -2.44. The van der Waals surface area contributed by atoms with Crippen molar-refractivity contribution in [3.8, 4) is 0 Å². The van der Waals surface area contributed by atoms with Gasteiger partial charge in [-0.15, -0.1) is 0 Å². The van der Waals surface area contributed by atoms with Gasteiger partial charge in [-0.1, -0.05) is 0 Å². The van der Waals surface area contributed by atoms with E-state index in [4.69, 9.17) is 10.2 Å². The molecule has 100 valence electrons. The number of aliphatic carboxylic acids is 1. The maximum absolute atomic E-state index is 11.7. The Hall–Kier alpha value is -1.30. The summed E-state index contributed by atoms with van der Waals surface area (Å²) in [4.78, 5) is 23.7. The van der Waals surface area contributed by atoms with E-state index in [9.17, 15) is 9.59 Å². The van der Waals surface area contributed by atoms with Crippen LogP contribution in [0.3, 0.4) is 0 Å². The van der Waals surface area contributed by atoms with Crippen LogP contribution in [-0.4, -0.2) is 52.9 Å². The molecule has 0 heterocycles. The molecule has 0 spiro atoms. The zero-order valence-corrected chi connectivity index (χ0v) is 10.5. The van der Waals surface area contributed by atoms with Gasteiger partial charge in [0.15, 0.2) is 0 Å². The van der Waals surface area contributed by atoms with Gasteiger partial charge in [0.2, 0.25) is 0 Å². The van der Waals surface area contributed by atoms with Crippen LogP contribution in [0.25, 0.3) is 0 Å². The molecule has 0 aliphatic carbocycles. The number of hydrogen-bond donors (Lipinski definition) is 3. The van der Waals surface area contributed by atoms with Crippen molar-refractivity contribution in [3.05, 3.63) is 0 Å². The Labute approximate surface area is 102 Å². The van der Waals surface area contributed by atoms with E-state index in [1.807, 2.05) is 6.92 Å². The third-order valence-electron chi connectivity index (χ3n) is 2.42. The summed E-state index contributed by atoms with van der Waals surface area (Å²) in [6.07, 6.45) is 1.01. The third kappa shape index (κ3) is 7.57. The standard InChI is InChI=1S/C11H22N2O4/c1-3-13(7-4-8-14)11(17)12-9(2)5-6-10(15)16/h9,14H,3-8H2,1-2H3,(H,12,17)(H,15,16). The highest BCUT2D eigenvalue weighted by Crippen LogP contribution is 1.99. The topological polar surface area (TPSA) is 89.9 Å². The SMILES string of the molecule is CCN(CCCO)C(=O)NC(C)CCC(=O)O. The minimum Gasteiger partial charge on any atom is -0.481 e. The van der Waals surface area contributed by atoms with Crippen LogP contribution < -0.4 is 5.32 Å². The van der Waals surface area contributed by atoms with Crippen molar-refractivity contribution in [1.82, 2.24) is 10.2 Å². The van der Waals surface area contributed by atoms with E-state index in [0.29, 0.717) is 25.9 Å². The van der Waals surface area contributed by atoms with Crippen LogP contribution in [0, 0.1) is 0 Å². The number of carboxylic acid groups (broad SMARTS) is 1. The van der Waals surface area contributed by atoms with Crippen molar-refractivity contribution >= 4 is 12.0 Å². The molecule has 0 radical (unpaired) electrons. The van der Waals surface area contributed by atoms with E-state index in [0.717, 1.165) is 0 Å². The summed E-state index contributed by atoms with van der Waals surface area (Å²) in [5, 5.41) is 20.0. The summed E-state index contributed by atoms with van der Waals surface area (Å²) >= 11 is 0. The molecule has 0 saturated carbocycles. The molecule has 0 aromatic rings. The van der Waals surface area contributed by atoms with Gasteiger partial charge < -0.3 is 20.4 Å². The minimum absolute atomic E-state index is 0.0458. The molecule has 1 atom stereocenters. The molecule has 0 bridgehead atoms. The quantitative estimate of drug-likeness (QED) is 0.586. The lowest BCUT2D eigenvalue weighted by atomic mass is 10.2. The van der Waals surface area contributed by atoms with Gasteiger partial charge in [-0.3, -0.25) is 4.79 Å². The number of aliphatic hydroxyl groups excluding tert-OH is 1. The highest BCUT2D eigenvalue weighted by molar-refractivity contribution is 5.74. The van der Waals surface area contributed by atoms with Gasteiger partial charge in [0, 0.05) is 32.2 Å². The number of aliphatic hydroxyl groups is 1. The Morgan fingerprint density at radius 1 is 1.41 bits per heavy atom. The summed E-state index contributed by atoms with van der Waals surface area (Å²) in [6.45, 7) is 4.76. The highest BCUT2D eigenvalue weighted by atomic mass is 16.4. The fraction of sp³-hybridized carbons (Fsp3) is 0.818. The van der Waals surface area contributed by atoms with Gasteiger partial charge in [-0.2, -0.15) is 0 Å². The first-order chi connectivity index (χ1) is 8.01. The predicted molar refractivity (Wildman–Crippen MR) is 63.8 cm³/mol. The number of amides is 2. The van der Waals surface area contributed by atoms with E-state index in [2.05, 4.69) is 5.32 Å². The van der Waals surface area contributed by atoms with Crippen molar-refractivity contribution in [3.63, 3.8) is 0 Å². The first kappa shape index (κ1) is 15.7. The molecule has 6 nitrogen and oxygen atoms in total. The number of carbonyl (C=O) groups is 2. The summed E-state index contributed by atoms with van der Waals surface area (Å²) in [6, 6.07) is -0.374. The number of carbonyl (C=O) groups excluding carboxylic acids is 1. The molecule has 17 heavy (non-hydrogen) atoms. The number of hydrogen-bond acceptors (Lipinski definition) is 3. The molecular weight excluding hydrogens is 224 g/mol. The average Bonchev–Trinajstić information content (AvgIpc) is 2.27. The van der Waals surface area contributed by atoms with E-state index in [-0.39, 0.29) is 25.1 Å². The van der Waals surface area contributed by atoms with Crippen LogP contribution in [-0.2, 0) is 4.79 Å². The first-order valence-electron chi connectivity index (χ1n) is 5.89. The minimum atomic E-state index is -0.862. The largest absolute Gasteiger partial charge is 0.481 e. The maximum Gasteiger partial charge on any atom is 0.317 e. The van der Waals surface area contributed by atoms with E-state index in [1.165, 1.54) is 0 Å². The number of nitrogens with one attached hydrogen (secondary N) is 1. The predicted octanol–water partition coefficient (Wildman–Crippen LogP) is 0.654. The van der Waals surface area contributed by atoms with Gasteiger partial charge in [0.05, 0.1) is 0 Å². The monoisotopic (exact) mass is 246 g/mol. The lowest BCUT2D eigenvalue weighted by molar-refractivity contribution is -0.137. The lowest BCUT2D eigenvalue weighted by Gasteiger charge is -2.23. The molecule has 2 amide bonds. The molecular formula is C11H22N2O4. The van der Waals surface area contributed by atoms with Gasteiger partial charge in [-0.25, -0.2) is 4.79 Å². The Bertz CT molecular complexity index is 246. The Morgan fingerprint density at radius 2 is 2.06 bits per heavy atom. The van der Waals surface area contributed by atoms with Gasteiger partial charge in [0.1, 0.15) is 0 Å². The second kappa shape index (κ2) is 8.81. The zero-order valence-electron chi connectivity index (χ0n) is 10.5. The van der Waals surface area contributed by atoms with Crippen molar-refractivity contribution < 1.29 is 19.8 Å². The van der Waals surface area contributed by atoms with Crippen LogP contribution >= 0.6 is 0 Å². The fourth-order valence-corrected chi connectivity index (χ4v) is 1.38. The Balaban J connectivity index is 3.98. The molecule has 0 aromatic carbocycles. The van der Waals surface area contributed by atoms with Gasteiger partial charge in [0.25, 0.3) is 0 Å². The average molecular weight is 246 g/mol. The molecule has 0 aliphatic heterocycles. The summed E-state index contributed by atoms with van der Waals surface area (Å²) in [5.41, 5.74) is 0. The van der Waals surface area contributed by atoms with Crippen molar-refractivity contribution in [2.75, 3.05) is 19.7 Å². The van der Waals surface area contributed by atoms with E-state index in [1.54, 1.807) is 11.8 Å². The van der Waals surface area contributed by atoms with Gasteiger partial charge in [-0.05, 0) is 26.7 Å². The smallest absolute Gasteiger partial charge is 0.317 e. The van der Waals surface area contributed by atoms with Crippen LogP contribution in [0.2, 0.25) is 0 Å². The molecule has 0 saturated heterocycles. The molecule has 6 heteroatoms. The summed E-state index contributed by atoms with van der Waals surface area (Å²) in [5.74, 6) is -0.862. The molecule has 0 fully saturated rings. The van der Waals surface area contributed by atoms with Crippen molar-refractivity contribution in [2.24, 2.45) is 0 Å². The number of urea groups is 1. The second-order valence-corrected chi connectivity index (χ2v) is 3.94. The number of rotatable bonds is 8. The third-order valence-corrected chi connectivity index (χ3v) is 2.42. The van der Waals surface area contributed by atoms with Crippen LogP contribution in [0.15, 0.2) is 0 Å². The molecule has 1 unspecified atom stereocenters. The van der Waals surface area contributed by atoms with Crippen LogP contribution in [0.4, 0.5) is 4.79 Å². The van der Waals surface area contributed by atoms with Crippen LogP contribution in [0.5, 0.6) is 0 Å². The second-order valence-electron chi connectivity index (χ2n) is 3.94. The van der Waals surface area contributed by atoms with E-state index >= 15 is 0 Å². The maximum atomic E-state index is 11.7. The molecule has 3 N–H and O–H groups in total. The molecule has 0 aliphatic rings. The number of carboxylic acids is 1. The normalized spacial score (nSPS) is 11.9. The summed E-state index contributed by atoms with van der Waals surface area (Å²) in [7, 11) is 0. The number of nitrogens with zero attached hydrogens (tertiary/aromatic N) is 1. The first-order valence-corrected chi connectivity index (χ1v) is 5.89. The summed E-state index contributed by atoms with van der Waals surface area (Å²) < 4.78 is 0. The zero-order chi connectivity index (χ0) is 13.3. The molecule has 0 aromatic heterocycles. The Morgan fingerprint density at radius 3 is 2.53 bits per heavy atom. The fourth-order valence-electron chi connectivity index (χ4n) is 1.38. The van der Waals surface area contributed by atoms with Crippen molar-refractivity contribution in [2.45, 2.75) is 39.2 Å². The van der Waals surface area contributed by atoms with Crippen LogP contribution in [0.1, 0.15) is 33.1 Å². The Kier molecular flexibility index (Phi) is 8.13. The highest BCUT2D eigenvalue weighted by Gasteiger charge is 2.14. The molecule has 0 rings (SSSR count).